The number of benzene rings is 3. The van der Waals surface area contributed by atoms with Gasteiger partial charge >= 0.3 is 0 Å². The molecule has 0 saturated heterocycles. The molecule has 1 N–H and O–H groups in total. The molecule has 156 valence electrons. The van der Waals surface area contributed by atoms with Crippen molar-refractivity contribution in [3.8, 4) is 0 Å². The molecule has 0 saturated carbocycles. The number of nitrogens with zero attached hydrogens (tertiary/aromatic N) is 1. The highest BCUT2D eigenvalue weighted by Crippen LogP contribution is 2.37. The fourth-order valence-electron chi connectivity index (χ4n) is 3.15. The molecule has 3 aromatic rings. The molecule has 0 aliphatic carbocycles. The van der Waals surface area contributed by atoms with Gasteiger partial charge in [-0.3, -0.25) is 14.5 Å². The maximum atomic E-state index is 13.3. The second-order valence-corrected chi connectivity index (χ2v) is 8.98. The van der Waals surface area contributed by atoms with E-state index in [0.717, 1.165) is 16.0 Å². The molecule has 1 aliphatic rings. The molecule has 3 aromatic carbocycles. The van der Waals surface area contributed by atoms with Gasteiger partial charge in [0.2, 0.25) is 0 Å². The SMILES string of the molecule is Cc1ccc(Cl)cc1NC1=C(Sc2ccc(Cl)cc2)C(=O)N(Cc2ccccc2)C1=O. The monoisotopic (exact) mass is 468 g/mol. The summed E-state index contributed by atoms with van der Waals surface area (Å²) >= 11 is 13.4. The zero-order chi connectivity index (χ0) is 22.0. The molecule has 0 bridgehead atoms. The maximum Gasteiger partial charge on any atom is 0.278 e. The van der Waals surface area contributed by atoms with Crippen LogP contribution in [0.4, 0.5) is 5.69 Å². The van der Waals surface area contributed by atoms with E-state index < -0.39 is 0 Å². The zero-order valence-corrected chi connectivity index (χ0v) is 18.9. The molecular formula is C24H18Cl2N2O2S. The van der Waals surface area contributed by atoms with Gasteiger partial charge in [0.1, 0.15) is 10.6 Å². The fraction of sp³-hybridized carbons (Fsp3) is 0.0833. The molecule has 0 spiro atoms. The molecule has 0 unspecified atom stereocenters. The van der Waals surface area contributed by atoms with Gasteiger partial charge in [0, 0.05) is 20.6 Å². The first-order chi connectivity index (χ1) is 14.9. The quantitative estimate of drug-likeness (QED) is 0.432. The Balaban J connectivity index is 1.70. The van der Waals surface area contributed by atoms with Crippen molar-refractivity contribution in [3.05, 3.63) is 105 Å². The number of thioether (sulfide) groups is 1. The van der Waals surface area contributed by atoms with Crippen molar-refractivity contribution in [2.75, 3.05) is 5.32 Å². The van der Waals surface area contributed by atoms with Crippen LogP contribution in [0, 0.1) is 6.92 Å². The fourth-order valence-corrected chi connectivity index (χ4v) is 4.40. The smallest absolute Gasteiger partial charge is 0.278 e. The highest BCUT2D eigenvalue weighted by atomic mass is 35.5. The average molecular weight is 469 g/mol. The number of anilines is 1. The van der Waals surface area contributed by atoms with Gasteiger partial charge < -0.3 is 5.32 Å². The summed E-state index contributed by atoms with van der Waals surface area (Å²) in [5.41, 5.74) is 2.71. The number of halogens is 2. The summed E-state index contributed by atoms with van der Waals surface area (Å²) in [6.45, 7) is 2.11. The molecule has 1 heterocycles. The van der Waals surface area contributed by atoms with Crippen molar-refractivity contribution in [1.29, 1.82) is 0 Å². The average Bonchev–Trinajstić information content (AvgIpc) is 2.97. The normalized spacial score (nSPS) is 13.8. The summed E-state index contributed by atoms with van der Waals surface area (Å²) in [6, 6.07) is 22.0. The number of aryl methyl sites for hydroxylation is 1. The number of carbonyl (C=O) groups is 2. The van der Waals surface area contributed by atoms with Gasteiger partial charge in [-0.2, -0.15) is 0 Å². The summed E-state index contributed by atoms with van der Waals surface area (Å²) in [6.07, 6.45) is 0. The minimum absolute atomic E-state index is 0.197. The maximum absolute atomic E-state index is 13.3. The number of amides is 2. The number of imide groups is 1. The van der Waals surface area contributed by atoms with E-state index in [9.17, 15) is 9.59 Å². The van der Waals surface area contributed by atoms with E-state index in [1.807, 2.05) is 55.5 Å². The molecule has 1 aliphatic heterocycles. The van der Waals surface area contributed by atoms with Crippen LogP contribution in [-0.4, -0.2) is 16.7 Å². The lowest BCUT2D eigenvalue weighted by Gasteiger charge is -2.15. The van der Waals surface area contributed by atoms with E-state index in [1.165, 1.54) is 16.7 Å². The Morgan fingerprint density at radius 3 is 2.26 bits per heavy atom. The topological polar surface area (TPSA) is 49.4 Å². The Labute approximate surface area is 194 Å². The first kappa shape index (κ1) is 21.5. The van der Waals surface area contributed by atoms with E-state index in [-0.39, 0.29) is 24.1 Å². The molecule has 0 aromatic heterocycles. The van der Waals surface area contributed by atoms with E-state index in [0.29, 0.717) is 20.6 Å². The number of hydrogen-bond acceptors (Lipinski definition) is 4. The molecule has 31 heavy (non-hydrogen) atoms. The molecule has 4 nitrogen and oxygen atoms in total. The van der Waals surface area contributed by atoms with Gasteiger partial charge in [-0.1, -0.05) is 71.4 Å². The summed E-state index contributed by atoms with van der Waals surface area (Å²) in [4.78, 5) is 29.0. The third-order valence-electron chi connectivity index (χ3n) is 4.80. The lowest BCUT2D eigenvalue weighted by Crippen LogP contribution is -2.31. The van der Waals surface area contributed by atoms with Gasteiger partial charge in [-0.25, -0.2) is 0 Å². The Morgan fingerprint density at radius 1 is 0.871 bits per heavy atom. The summed E-state index contributed by atoms with van der Waals surface area (Å²) < 4.78 is 0. The highest BCUT2D eigenvalue weighted by molar-refractivity contribution is 8.04. The van der Waals surface area contributed by atoms with Gasteiger partial charge in [0.15, 0.2) is 0 Å². The number of hydrogen-bond donors (Lipinski definition) is 1. The molecule has 0 radical (unpaired) electrons. The van der Waals surface area contributed by atoms with Crippen molar-refractivity contribution < 1.29 is 9.59 Å². The third-order valence-corrected chi connectivity index (χ3v) is 6.38. The summed E-state index contributed by atoms with van der Waals surface area (Å²) in [5.74, 6) is -0.708. The number of carbonyl (C=O) groups excluding carboxylic acids is 2. The van der Waals surface area contributed by atoms with Gasteiger partial charge in [0.05, 0.1) is 6.54 Å². The van der Waals surface area contributed by atoms with Crippen LogP contribution >= 0.6 is 35.0 Å². The van der Waals surface area contributed by atoms with E-state index in [2.05, 4.69) is 5.32 Å². The number of rotatable bonds is 6. The van der Waals surface area contributed by atoms with Crippen LogP contribution in [0.15, 0.2) is 88.3 Å². The molecule has 7 heteroatoms. The van der Waals surface area contributed by atoms with Crippen LogP contribution in [-0.2, 0) is 16.1 Å². The Kier molecular flexibility index (Phi) is 6.37. The van der Waals surface area contributed by atoms with Crippen LogP contribution in [0.3, 0.4) is 0 Å². The zero-order valence-electron chi connectivity index (χ0n) is 16.6. The van der Waals surface area contributed by atoms with Crippen molar-refractivity contribution in [1.82, 2.24) is 4.90 Å². The van der Waals surface area contributed by atoms with Gasteiger partial charge in [-0.05, 0) is 54.4 Å². The largest absolute Gasteiger partial charge is 0.350 e. The van der Waals surface area contributed by atoms with Crippen molar-refractivity contribution in [2.24, 2.45) is 0 Å². The van der Waals surface area contributed by atoms with Crippen LogP contribution in [0.25, 0.3) is 0 Å². The first-order valence-electron chi connectivity index (χ1n) is 9.53. The first-order valence-corrected chi connectivity index (χ1v) is 11.1. The van der Waals surface area contributed by atoms with Crippen molar-refractivity contribution >= 4 is 52.5 Å². The third kappa shape index (κ3) is 4.79. The molecule has 2 amide bonds. The molecular weight excluding hydrogens is 451 g/mol. The van der Waals surface area contributed by atoms with Crippen LogP contribution in [0.2, 0.25) is 10.0 Å². The van der Waals surface area contributed by atoms with Crippen molar-refractivity contribution in [2.45, 2.75) is 18.4 Å². The van der Waals surface area contributed by atoms with E-state index in [4.69, 9.17) is 23.2 Å². The minimum Gasteiger partial charge on any atom is -0.350 e. The lowest BCUT2D eigenvalue weighted by atomic mass is 10.2. The second-order valence-electron chi connectivity index (χ2n) is 7.03. The van der Waals surface area contributed by atoms with Crippen LogP contribution in [0.1, 0.15) is 11.1 Å². The van der Waals surface area contributed by atoms with Crippen LogP contribution < -0.4 is 5.32 Å². The van der Waals surface area contributed by atoms with Crippen molar-refractivity contribution in [3.63, 3.8) is 0 Å². The van der Waals surface area contributed by atoms with E-state index >= 15 is 0 Å². The second kappa shape index (κ2) is 9.18. The van der Waals surface area contributed by atoms with E-state index in [1.54, 1.807) is 24.3 Å². The van der Waals surface area contributed by atoms with Gasteiger partial charge in [-0.15, -0.1) is 0 Å². The van der Waals surface area contributed by atoms with Crippen LogP contribution in [0.5, 0.6) is 0 Å². The predicted octanol–water partition coefficient (Wildman–Crippen LogP) is 6.29. The summed E-state index contributed by atoms with van der Waals surface area (Å²) in [7, 11) is 0. The lowest BCUT2D eigenvalue weighted by molar-refractivity contribution is -0.137. The molecule has 4 rings (SSSR count). The number of nitrogens with one attached hydrogen (secondary N) is 1. The predicted molar refractivity (Wildman–Crippen MR) is 126 cm³/mol. The Bertz CT molecular complexity index is 1180. The highest BCUT2D eigenvalue weighted by Gasteiger charge is 2.39. The molecule has 0 fully saturated rings. The standard InChI is InChI=1S/C24H18Cl2N2O2S/c1-15-7-8-18(26)13-20(15)27-21-22(31-19-11-9-17(25)10-12-19)24(30)28(23(21)29)14-16-5-3-2-4-6-16/h2-13,27H,14H2,1H3. The Morgan fingerprint density at radius 2 is 1.55 bits per heavy atom. The molecule has 0 atom stereocenters. The summed E-state index contributed by atoms with van der Waals surface area (Å²) in [5, 5.41) is 4.31. The Hall–Kier alpha value is -2.73. The van der Waals surface area contributed by atoms with Gasteiger partial charge in [0.25, 0.3) is 11.8 Å². The minimum atomic E-state index is -0.371.